The van der Waals surface area contributed by atoms with Crippen molar-refractivity contribution >= 4 is 17.8 Å². The van der Waals surface area contributed by atoms with E-state index in [1.807, 2.05) is 6.07 Å². The first kappa shape index (κ1) is 16.6. The Morgan fingerprint density at radius 1 is 1.30 bits per heavy atom. The highest BCUT2D eigenvalue weighted by molar-refractivity contribution is 7.99. The number of piperidine rings is 1. The van der Waals surface area contributed by atoms with Gasteiger partial charge < -0.3 is 15.5 Å². The summed E-state index contributed by atoms with van der Waals surface area (Å²) in [5.74, 6) is 0.698. The molecule has 2 heterocycles. The van der Waals surface area contributed by atoms with Crippen molar-refractivity contribution in [2.24, 2.45) is 0 Å². The smallest absolute Gasteiger partial charge is 0.315 e. The summed E-state index contributed by atoms with van der Waals surface area (Å²) in [5, 5.41) is 6.11. The summed E-state index contributed by atoms with van der Waals surface area (Å²) in [7, 11) is 0. The number of carbonyl (C=O) groups excluding carboxylic acids is 1. The zero-order chi connectivity index (χ0) is 16.2. The molecule has 0 aromatic heterocycles. The fraction of sp³-hybridized carbons (Fsp3) is 0.588. The molecule has 0 radical (unpaired) electrons. The molecule has 0 unspecified atom stereocenters. The summed E-state index contributed by atoms with van der Waals surface area (Å²) < 4.78 is 13.5. The van der Waals surface area contributed by atoms with Crippen LogP contribution in [0.1, 0.15) is 37.8 Å². The van der Waals surface area contributed by atoms with Gasteiger partial charge in [-0.3, -0.25) is 0 Å². The van der Waals surface area contributed by atoms with Gasteiger partial charge in [-0.2, -0.15) is 0 Å². The average Bonchev–Trinajstić information content (AvgIpc) is 2.56. The molecule has 1 aromatic carbocycles. The van der Waals surface area contributed by atoms with Crippen LogP contribution >= 0.6 is 11.8 Å². The van der Waals surface area contributed by atoms with E-state index in [1.54, 1.807) is 17.8 Å². The minimum atomic E-state index is -0.245. The molecule has 0 bridgehead atoms. The number of nitrogens with one attached hydrogen (secondary N) is 2. The van der Waals surface area contributed by atoms with E-state index in [4.69, 9.17) is 0 Å². The molecule has 1 fully saturated rings. The normalized spacial score (nSPS) is 22.4. The predicted molar refractivity (Wildman–Crippen MR) is 91.3 cm³/mol. The third-order valence-electron chi connectivity index (χ3n) is 4.69. The second-order valence-electron chi connectivity index (χ2n) is 6.20. The minimum absolute atomic E-state index is 0.0994. The third-order valence-corrected chi connectivity index (χ3v) is 5.81. The lowest BCUT2D eigenvalue weighted by atomic mass is 10.0. The van der Waals surface area contributed by atoms with E-state index in [1.165, 1.54) is 6.07 Å². The molecule has 1 atom stereocenters. The van der Waals surface area contributed by atoms with Crippen LogP contribution in [0.4, 0.5) is 9.18 Å². The summed E-state index contributed by atoms with van der Waals surface area (Å²) in [4.78, 5) is 15.8. The van der Waals surface area contributed by atoms with Gasteiger partial charge in [0.05, 0.1) is 6.04 Å². The van der Waals surface area contributed by atoms with Gasteiger partial charge >= 0.3 is 6.03 Å². The van der Waals surface area contributed by atoms with E-state index < -0.39 is 0 Å². The molecule has 23 heavy (non-hydrogen) atoms. The van der Waals surface area contributed by atoms with Crippen molar-refractivity contribution in [2.45, 2.75) is 43.2 Å². The van der Waals surface area contributed by atoms with Crippen LogP contribution in [0.25, 0.3) is 0 Å². The Balaban J connectivity index is 1.56. The molecule has 6 heteroatoms. The number of urea groups is 1. The molecule has 1 aromatic rings. The number of halogens is 1. The Kier molecular flexibility index (Phi) is 5.43. The first-order valence-corrected chi connectivity index (χ1v) is 9.36. The Morgan fingerprint density at radius 2 is 2.09 bits per heavy atom. The first-order chi connectivity index (χ1) is 11.2. The van der Waals surface area contributed by atoms with Gasteiger partial charge in [0.15, 0.2) is 0 Å². The summed E-state index contributed by atoms with van der Waals surface area (Å²) in [6.45, 7) is 5.31. The number of likely N-dealkylation sites (tertiary alicyclic amines) is 1. The molecule has 4 nitrogen and oxygen atoms in total. The van der Waals surface area contributed by atoms with Crippen molar-refractivity contribution in [1.82, 2.24) is 15.5 Å². The number of thioether (sulfide) groups is 1. The van der Waals surface area contributed by atoms with E-state index in [-0.39, 0.29) is 23.9 Å². The van der Waals surface area contributed by atoms with E-state index in [2.05, 4.69) is 22.5 Å². The Bertz CT molecular complexity index is 561. The Morgan fingerprint density at radius 3 is 2.83 bits per heavy atom. The lowest BCUT2D eigenvalue weighted by molar-refractivity contribution is 0.197. The highest BCUT2D eigenvalue weighted by atomic mass is 32.2. The molecule has 1 saturated heterocycles. The second-order valence-corrected chi connectivity index (χ2v) is 7.33. The molecule has 2 amide bonds. The standard InChI is InChI=1S/C17H24FN3OS/c1-2-21-8-5-13(6-9-21)19-17(22)20-15-7-10-23-16-4-3-12(18)11-14(15)16/h3-4,11,13,15H,2,5-10H2,1H3,(H2,19,20,22)/t15-/m0/s1. The van der Waals surface area contributed by atoms with E-state index in [0.717, 1.165) is 55.1 Å². The SMILES string of the molecule is CCN1CCC(NC(=O)N[C@H]2CCSc3ccc(F)cc32)CC1. The quantitative estimate of drug-likeness (QED) is 0.890. The van der Waals surface area contributed by atoms with Crippen LogP contribution in [-0.2, 0) is 0 Å². The van der Waals surface area contributed by atoms with Gasteiger partial charge in [-0.25, -0.2) is 9.18 Å². The maximum absolute atomic E-state index is 13.5. The molecule has 2 aliphatic heterocycles. The van der Waals surface area contributed by atoms with Gasteiger partial charge in [-0.1, -0.05) is 6.92 Å². The number of hydrogen-bond donors (Lipinski definition) is 2. The lowest BCUT2D eigenvalue weighted by Gasteiger charge is -2.32. The van der Waals surface area contributed by atoms with Crippen LogP contribution in [0.15, 0.2) is 23.1 Å². The van der Waals surface area contributed by atoms with Crippen molar-refractivity contribution in [1.29, 1.82) is 0 Å². The monoisotopic (exact) mass is 337 g/mol. The summed E-state index contributed by atoms with van der Waals surface area (Å²) >= 11 is 1.72. The van der Waals surface area contributed by atoms with Crippen LogP contribution < -0.4 is 10.6 Å². The molecule has 0 aliphatic carbocycles. The van der Waals surface area contributed by atoms with Crippen molar-refractivity contribution < 1.29 is 9.18 Å². The molecule has 126 valence electrons. The zero-order valence-electron chi connectivity index (χ0n) is 13.5. The number of carbonyl (C=O) groups is 1. The van der Waals surface area contributed by atoms with Gasteiger partial charge in [-0.05, 0) is 49.6 Å². The topological polar surface area (TPSA) is 44.4 Å². The number of fused-ring (bicyclic) bond motifs is 1. The number of hydrogen-bond acceptors (Lipinski definition) is 3. The summed E-state index contributed by atoms with van der Waals surface area (Å²) in [6, 6.07) is 4.84. The summed E-state index contributed by atoms with van der Waals surface area (Å²) in [6.07, 6.45) is 2.82. The van der Waals surface area contributed by atoms with E-state index >= 15 is 0 Å². The highest BCUT2D eigenvalue weighted by Crippen LogP contribution is 2.36. The Labute approximate surface area is 141 Å². The largest absolute Gasteiger partial charge is 0.335 e. The van der Waals surface area contributed by atoms with Crippen LogP contribution in [0.3, 0.4) is 0 Å². The van der Waals surface area contributed by atoms with Crippen LogP contribution in [0, 0.1) is 5.82 Å². The molecular weight excluding hydrogens is 313 g/mol. The fourth-order valence-corrected chi connectivity index (χ4v) is 4.40. The van der Waals surface area contributed by atoms with Gasteiger partial charge in [0.1, 0.15) is 5.82 Å². The van der Waals surface area contributed by atoms with Gasteiger partial charge in [0.25, 0.3) is 0 Å². The zero-order valence-corrected chi connectivity index (χ0v) is 14.3. The van der Waals surface area contributed by atoms with Crippen molar-refractivity contribution in [2.75, 3.05) is 25.4 Å². The Hall–Kier alpha value is -1.27. The van der Waals surface area contributed by atoms with Gasteiger partial charge in [0.2, 0.25) is 0 Å². The van der Waals surface area contributed by atoms with Gasteiger partial charge in [-0.15, -0.1) is 11.8 Å². The van der Waals surface area contributed by atoms with Crippen molar-refractivity contribution in [3.05, 3.63) is 29.6 Å². The average molecular weight is 337 g/mol. The molecule has 3 rings (SSSR count). The van der Waals surface area contributed by atoms with Crippen LogP contribution in [0.2, 0.25) is 0 Å². The lowest BCUT2D eigenvalue weighted by Crippen LogP contribution is -2.48. The number of benzene rings is 1. The summed E-state index contributed by atoms with van der Waals surface area (Å²) in [5.41, 5.74) is 0.900. The number of nitrogens with zero attached hydrogens (tertiary/aromatic N) is 1. The van der Waals surface area contributed by atoms with Crippen molar-refractivity contribution in [3.8, 4) is 0 Å². The first-order valence-electron chi connectivity index (χ1n) is 8.37. The molecule has 0 spiro atoms. The van der Waals surface area contributed by atoms with Crippen LogP contribution in [-0.4, -0.2) is 42.4 Å². The third kappa shape index (κ3) is 4.18. The van der Waals surface area contributed by atoms with Crippen molar-refractivity contribution in [3.63, 3.8) is 0 Å². The minimum Gasteiger partial charge on any atom is -0.335 e. The second kappa shape index (κ2) is 7.53. The number of amides is 2. The molecule has 2 N–H and O–H groups in total. The van der Waals surface area contributed by atoms with E-state index in [0.29, 0.717) is 0 Å². The molecule has 0 saturated carbocycles. The maximum Gasteiger partial charge on any atom is 0.315 e. The molecule has 2 aliphatic rings. The number of rotatable bonds is 3. The van der Waals surface area contributed by atoms with Crippen LogP contribution in [0.5, 0.6) is 0 Å². The van der Waals surface area contributed by atoms with E-state index in [9.17, 15) is 9.18 Å². The fourth-order valence-electron chi connectivity index (χ4n) is 3.29. The predicted octanol–water partition coefficient (Wildman–Crippen LogP) is 3.15. The molecular formula is C17H24FN3OS. The highest BCUT2D eigenvalue weighted by Gasteiger charge is 2.25. The maximum atomic E-state index is 13.5. The van der Waals surface area contributed by atoms with Gasteiger partial charge in [0, 0.05) is 29.8 Å².